The van der Waals surface area contributed by atoms with Crippen LogP contribution in [-0.2, 0) is 6.54 Å². The molecule has 1 aliphatic heterocycles. The summed E-state index contributed by atoms with van der Waals surface area (Å²) in [5.41, 5.74) is 5.29. The topological polar surface area (TPSA) is 127 Å². The van der Waals surface area contributed by atoms with Crippen LogP contribution in [0.5, 0.6) is 5.75 Å². The minimum Gasteiger partial charge on any atom is -0.496 e. The van der Waals surface area contributed by atoms with Gasteiger partial charge in [0.2, 0.25) is 5.95 Å². The molecule has 0 atom stereocenters. The molecule has 0 saturated carbocycles. The molecule has 180 valence electrons. The minimum atomic E-state index is -1.21. The van der Waals surface area contributed by atoms with E-state index in [1.54, 1.807) is 29.8 Å². The average Bonchev–Trinajstić information content (AvgIpc) is 3.00. The van der Waals surface area contributed by atoms with Crippen molar-refractivity contribution in [2.75, 3.05) is 24.7 Å². The number of amides is 1. The fourth-order valence-corrected chi connectivity index (χ4v) is 5.01. The van der Waals surface area contributed by atoms with Gasteiger partial charge in [0.1, 0.15) is 10.8 Å². The molecule has 0 unspecified atom stereocenters. The maximum atomic E-state index is 11.3. The third kappa shape index (κ3) is 5.00. The quantitative estimate of drug-likeness (QED) is 0.409. The van der Waals surface area contributed by atoms with E-state index in [1.807, 2.05) is 13.8 Å². The number of aromatic nitrogens is 5. The highest BCUT2D eigenvalue weighted by atomic mass is 32.2. The van der Waals surface area contributed by atoms with Crippen molar-refractivity contribution in [2.45, 2.75) is 51.7 Å². The number of carbonyl (C=O) groups is 1. The van der Waals surface area contributed by atoms with Crippen molar-refractivity contribution < 1.29 is 14.6 Å². The Bertz CT molecular complexity index is 1270. The van der Waals surface area contributed by atoms with Crippen molar-refractivity contribution in [1.29, 1.82) is 0 Å². The Labute approximate surface area is 202 Å². The zero-order valence-electron chi connectivity index (χ0n) is 20.0. The van der Waals surface area contributed by atoms with Crippen LogP contribution in [0, 0.1) is 13.8 Å². The van der Waals surface area contributed by atoms with Gasteiger partial charge in [0, 0.05) is 29.1 Å². The van der Waals surface area contributed by atoms with Gasteiger partial charge in [-0.3, -0.25) is 10.3 Å². The van der Waals surface area contributed by atoms with E-state index in [0.717, 1.165) is 52.4 Å². The summed E-state index contributed by atoms with van der Waals surface area (Å²) in [5.74, 6) is 1.58. The largest absolute Gasteiger partial charge is 0.496 e. The van der Waals surface area contributed by atoms with Gasteiger partial charge in [-0.1, -0.05) is 19.4 Å². The number of hydrogen-bond acceptors (Lipinski definition) is 8. The van der Waals surface area contributed by atoms with Crippen LogP contribution in [0.4, 0.5) is 10.7 Å². The summed E-state index contributed by atoms with van der Waals surface area (Å²) in [5, 5.41) is 21.4. The van der Waals surface area contributed by atoms with Crippen LogP contribution in [-0.4, -0.2) is 61.4 Å². The highest BCUT2D eigenvalue weighted by Crippen LogP contribution is 2.36. The van der Waals surface area contributed by atoms with Gasteiger partial charge >= 0.3 is 6.09 Å². The number of hydrogen-bond donors (Lipinski definition) is 3. The molecule has 0 aromatic carbocycles. The molecular weight excluding hydrogens is 454 g/mol. The minimum absolute atomic E-state index is 0.0336. The highest BCUT2D eigenvalue weighted by molar-refractivity contribution is 7.99. The normalized spacial score (nSPS) is 13.2. The van der Waals surface area contributed by atoms with Crippen molar-refractivity contribution in [1.82, 2.24) is 30.0 Å². The van der Waals surface area contributed by atoms with Gasteiger partial charge in [0.25, 0.3) is 0 Å². The van der Waals surface area contributed by atoms with Crippen molar-refractivity contribution in [2.24, 2.45) is 0 Å². The molecule has 0 radical (unpaired) electrons. The van der Waals surface area contributed by atoms with Gasteiger partial charge < -0.3 is 15.2 Å². The maximum Gasteiger partial charge on any atom is 0.411 e. The number of nitrogens with one attached hydrogen (secondary N) is 2. The molecule has 1 aliphatic rings. The molecule has 1 amide bonds. The van der Waals surface area contributed by atoms with Gasteiger partial charge in [-0.2, -0.15) is 10.1 Å². The lowest BCUT2D eigenvalue weighted by molar-refractivity contribution is 0.209. The van der Waals surface area contributed by atoms with Crippen LogP contribution in [0.25, 0.3) is 17.1 Å². The third-order valence-electron chi connectivity index (χ3n) is 5.59. The van der Waals surface area contributed by atoms with E-state index < -0.39 is 6.09 Å². The van der Waals surface area contributed by atoms with E-state index in [2.05, 4.69) is 45.5 Å². The van der Waals surface area contributed by atoms with Crippen molar-refractivity contribution >= 4 is 40.9 Å². The Balaban J connectivity index is 1.78. The number of ether oxygens (including phenoxy) is 1. The van der Waals surface area contributed by atoms with Crippen LogP contribution in [0.1, 0.15) is 42.8 Å². The van der Waals surface area contributed by atoms with E-state index in [-0.39, 0.29) is 5.95 Å². The molecule has 0 aliphatic carbocycles. The Morgan fingerprint density at radius 1 is 1.32 bits per heavy atom. The molecule has 0 bridgehead atoms. The summed E-state index contributed by atoms with van der Waals surface area (Å²) in [6.07, 6.45) is 3.56. The predicted molar refractivity (Wildman–Crippen MR) is 133 cm³/mol. The van der Waals surface area contributed by atoms with Crippen molar-refractivity contribution in [3.63, 3.8) is 0 Å². The Morgan fingerprint density at radius 2 is 2.12 bits per heavy atom. The zero-order valence-corrected chi connectivity index (χ0v) is 20.8. The van der Waals surface area contributed by atoms with Crippen LogP contribution in [0.15, 0.2) is 16.8 Å². The Kier molecular flexibility index (Phi) is 7.03. The summed E-state index contributed by atoms with van der Waals surface area (Å²) < 4.78 is 7.32. The van der Waals surface area contributed by atoms with Crippen molar-refractivity contribution in [3.8, 4) is 5.75 Å². The molecule has 4 rings (SSSR count). The van der Waals surface area contributed by atoms with E-state index in [4.69, 9.17) is 9.84 Å². The van der Waals surface area contributed by atoms with Gasteiger partial charge in [-0.25, -0.2) is 14.5 Å². The lowest BCUT2D eigenvalue weighted by Gasteiger charge is -2.13. The van der Waals surface area contributed by atoms with Crippen LogP contribution < -0.4 is 15.4 Å². The van der Waals surface area contributed by atoms with Crippen LogP contribution in [0.3, 0.4) is 0 Å². The molecule has 0 saturated heterocycles. The number of anilines is 1. The van der Waals surface area contributed by atoms with Gasteiger partial charge in [-0.05, 0) is 32.9 Å². The molecule has 0 spiro atoms. The molecule has 10 nitrogen and oxygen atoms in total. The molecule has 3 aromatic heterocycles. The smallest absolute Gasteiger partial charge is 0.411 e. The lowest BCUT2D eigenvalue weighted by Crippen LogP contribution is -2.24. The molecular formula is C23H29N7O3S. The summed E-state index contributed by atoms with van der Waals surface area (Å²) in [6.45, 7) is 9.41. The number of aryl methyl sites for hydroxylation is 1. The maximum absolute atomic E-state index is 11.3. The monoisotopic (exact) mass is 483 g/mol. The summed E-state index contributed by atoms with van der Waals surface area (Å²) in [4.78, 5) is 24.9. The lowest BCUT2D eigenvalue weighted by atomic mass is 10.1. The fraction of sp³-hybridized carbons (Fsp3) is 0.435. The number of nitrogens with zero attached hydrogens (tertiary/aromatic N) is 5. The number of rotatable bonds is 8. The molecule has 3 aromatic rings. The number of pyridine rings is 1. The van der Waals surface area contributed by atoms with E-state index in [1.165, 1.54) is 5.57 Å². The first-order chi connectivity index (χ1) is 16.3. The molecule has 4 heterocycles. The second-order valence-corrected chi connectivity index (χ2v) is 9.48. The average molecular weight is 484 g/mol. The first-order valence-electron chi connectivity index (χ1n) is 11.1. The number of thioether (sulfide) groups is 1. The highest BCUT2D eigenvalue weighted by Gasteiger charge is 2.23. The van der Waals surface area contributed by atoms with Gasteiger partial charge in [0.05, 0.1) is 30.4 Å². The SMILES string of the molecule is COc1c(C)cnc(Cn2nc3c4c(nc(NC(=O)O)nc42)SCC(CCNC(C)C)=C3)c1C. The van der Waals surface area contributed by atoms with Gasteiger partial charge in [0.15, 0.2) is 5.65 Å². The number of carboxylic acid groups (broad SMARTS) is 1. The second-order valence-electron chi connectivity index (χ2n) is 8.52. The zero-order chi connectivity index (χ0) is 24.4. The summed E-state index contributed by atoms with van der Waals surface area (Å²) in [7, 11) is 1.65. The van der Waals surface area contributed by atoms with E-state index >= 15 is 0 Å². The van der Waals surface area contributed by atoms with E-state index in [0.29, 0.717) is 23.3 Å². The fourth-order valence-electron chi connectivity index (χ4n) is 3.97. The van der Waals surface area contributed by atoms with Gasteiger partial charge in [-0.15, -0.1) is 11.8 Å². The Morgan fingerprint density at radius 3 is 2.82 bits per heavy atom. The third-order valence-corrected chi connectivity index (χ3v) is 6.67. The predicted octanol–water partition coefficient (Wildman–Crippen LogP) is 3.86. The van der Waals surface area contributed by atoms with Crippen molar-refractivity contribution in [3.05, 3.63) is 34.3 Å². The molecule has 0 fully saturated rings. The summed E-state index contributed by atoms with van der Waals surface area (Å²) >= 11 is 1.57. The first-order valence-corrected chi connectivity index (χ1v) is 12.1. The second kappa shape index (κ2) is 9.98. The van der Waals surface area contributed by atoms with E-state index in [9.17, 15) is 9.90 Å². The molecule has 3 N–H and O–H groups in total. The summed E-state index contributed by atoms with van der Waals surface area (Å²) in [6, 6.07) is 0.417. The molecule has 11 heteroatoms. The first kappa shape index (κ1) is 24.0. The Hall–Kier alpha value is -3.18. The van der Waals surface area contributed by atoms with Crippen LogP contribution >= 0.6 is 11.8 Å². The standard InChI is InChI=1S/C23H29N7O3S/c1-12(2)24-7-6-15-8-16-18-20(26-22(28-23(31)32)27-21(18)34-11-15)30(29-16)10-17-14(4)19(33-5)13(3)9-25-17/h8-9,12,24H,6-7,10-11H2,1-5H3,(H,31,32)(H,26,27,28). The number of methoxy groups -OCH3 is 1. The van der Waals surface area contributed by atoms with Crippen LogP contribution in [0.2, 0.25) is 0 Å². The molecule has 34 heavy (non-hydrogen) atoms.